The SMILES string of the molecule is CCCCCc1ccc(C(=O)NCCN(CCCC)CCCC)cc1. The van der Waals surface area contributed by atoms with Crippen LogP contribution in [0.4, 0.5) is 0 Å². The van der Waals surface area contributed by atoms with Crippen LogP contribution in [0.3, 0.4) is 0 Å². The summed E-state index contributed by atoms with van der Waals surface area (Å²) >= 11 is 0. The minimum absolute atomic E-state index is 0.0473. The summed E-state index contributed by atoms with van der Waals surface area (Å²) in [5.74, 6) is 0.0473. The number of amides is 1. The van der Waals surface area contributed by atoms with E-state index in [9.17, 15) is 4.79 Å². The fraction of sp³-hybridized carbons (Fsp3) is 0.682. The number of carbonyl (C=O) groups excluding carboxylic acids is 1. The fourth-order valence-corrected chi connectivity index (χ4v) is 2.93. The molecule has 25 heavy (non-hydrogen) atoms. The van der Waals surface area contributed by atoms with Gasteiger partial charge in [0.25, 0.3) is 5.91 Å². The van der Waals surface area contributed by atoms with Crippen molar-refractivity contribution in [2.24, 2.45) is 0 Å². The van der Waals surface area contributed by atoms with Gasteiger partial charge in [-0.3, -0.25) is 4.79 Å². The van der Waals surface area contributed by atoms with Gasteiger partial charge in [0.05, 0.1) is 0 Å². The highest BCUT2D eigenvalue weighted by atomic mass is 16.1. The summed E-state index contributed by atoms with van der Waals surface area (Å²) in [5, 5.41) is 3.07. The molecule has 0 unspecified atom stereocenters. The Morgan fingerprint density at radius 3 is 2.00 bits per heavy atom. The monoisotopic (exact) mass is 346 g/mol. The van der Waals surface area contributed by atoms with Crippen LogP contribution >= 0.6 is 0 Å². The van der Waals surface area contributed by atoms with Crippen LogP contribution in [0.5, 0.6) is 0 Å². The average molecular weight is 347 g/mol. The van der Waals surface area contributed by atoms with Crippen LogP contribution in [0, 0.1) is 0 Å². The van der Waals surface area contributed by atoms with Crippen molar-refractivity contribution >= 4 is 5.91 Å². The molecule has 0 heterocycles. The Morgan fingerprint density at radius 2 is 1.44 bits per heavy atom. The van der Waals surface area contributed by atoms with E-state index in [2.05, 4.69) is 43.1 Å². The maximum absolute atomic E-state index is 12.3. The molecule has 3 nitrogen and oxygen atoms in total. The second-order valence-electron chi connectivity index (χ2n) is 6.96. The van der Waals surface area contributed by atoms with E-state index in [-0.39, 0.29) is 5.91 Å². The van der Waals surface area contributed by atoms with Crippen molar-refractivity contribution in [3.05, 3.63) is 35.4 Å². The predicted octanol–water partition coefficient (Wildman–Crippen LogP) is 5.05. The summed E-state index contributed by atoms with van der Waals surface area (Å²) in [5.41, 5.74) is 2.10. The van der Waals surface area contributed by atoms with Gasteiger partial charge in [0, 0.05) is 18.7 Å². The first kappa shape index (κ1) is 21.7. The third-order valence-electron chi connectivity index (χ3n) is 4.65. The third-order valence-corrected chi connectivity index (χ3v) is 4.65. The molecule has 0 radical (unpaired) electrons. The molecule has 0 fully saturated rings. The first-order valence-corrected chi connectivity index (χ1v) is 10.3. The van der Waals surface area contributed by atoms with E-state index in [0.29, 0.717) is 0 Å². The molecule has 0 aliphatic heterocycles. The minimum atomic E-state index is 0.0473. The van der Waals surface area contributed by atoms with Crippen LogP contribution in [0.2, 0.25) is 0 Å². The number of aryl methyl sites for hydroxylation is 1. The van der Waals surface area contributed by atoms with Gasteiger partial charge in [-0.1, -0.05) is 58.6 Å². The first-order valence-electron chi connectivity index (χ1n) is 10.3. The van der Waals surface area contributed by atoms with Gasteiger partial charge in [-0.2, -0.15) is 0 Å². The molecular weight excluding hydrogens is 308 g/mol. The molecule has 1 amide bonds. The molecule has 0 aromatic heterocycles. The Bertz CT molecular complexity index is 448. The zero-order valence-electron chi connectivity index (χ0n) is 16.7. The van der Waals surface area contributed by atoms with Crippen molar-refractivity contribution in [3.63, 3.8) is 0 Å². The molecule has 142 valence electrons. The summed E-state index contributed by atoms with van der Waals surface area (Å²) < 4.78 is 0. The molecule has 1 aromatic carbocycles. The highest BCUT2D eigenvalue weighted by Crippen LogP contribution is 2.09. The zero-order valence-corrected chi connectivity index (χ0v) is 16.7. The molecule has 1 N–H and O–H groups in total. The minimum Gasteiger partial charge on any atom is -0.351 e. The largest absolute Gasteiger partial charge is 0.351 e. The molecule has 0 saturated carbocycles. The van der Waals surface area contributed by atoms with Crippen molar-refractivity contribution in [2.45, 2.75) is 72.1 Å². The second kappa shape index (κ2) is 13.9. The van der Waals surface area contributed by atoms with Gasteiger partial charge in [-0.25, -0.2) is 0 Å². The lowest BCUT2D eigenvalue weighted by Gasteiger charge is -2.22. The van der Waals surface area contributed by atoms with Crippen LogP contribution in [0.25, 0.3) is 0 Å². The number of nitrogens with one attached hydrogen (secondary N) is 1. The van der Waals surface area contributed by atoms with E-state index in [1.807, 2.05) is 12.1 Å². The Hall–Kier alpha value is -1.35. The highest BCUT2D eigenvalue weighted by molar-refractivity contribution is 5.94. The fourth-order valence-electron chi connectivity index (χ4n) is 2.93. The van der Waals surface area contributed by atoms with E-state index in [1.165, 1.54) is 50.5 Å². The summed E-state index contributed by atoms with van der Waals surface area (Å²) in [7, 11) is 0. The Labute approximate surface area is 155 Å². The number of rotatable bonds is 14. The summed E-state index contributed by atoms with van der Waals surface area (Å²) in [6.07, 6.45) is 9.77. The van der Waals surface area contributed by atoms with Crippen molar-refractivity contribution in [1.29, 1.82) is 0 Å². The average Bonchev–Trinajstić information content (AvgIpc) is 2.64. The van der Waals surface area contributed by atoms with Gasteiger partial charge in [0.15, 0.2) is 0 Å². The maximum atomic E-state index is 12.3. The van der Waals surface area contributed by atoms with E-state index in [1.54, 1.807) is 0 Å². The zero-order chi connectivity index (χ0) is 18.3. The Kier molecular flexibility index (Phi) is 12.0. The second-order valence-corrected chi connectivity index (χ2v) is 6.96. The normalized spacial score (nSPS) is 11.0. The third kappa shape index (κ3) is 9.64. The topological polar surface area (TPSA) is 32.3 Å². The lowest BCUT2D eigenvalue weighted by Crippen LogP contribution is -2.36. The van der Waals surface area contributed by atoms with E-state index in [4.69, 9.17) is 0 Å². The van der Waals surface area contributed by atoms with Crippen molar-refractivity contribution in [3.8, 4) is 0 Å². The number of benzene rings is 1. The number of unbranched alkanes of at least 4 members (excludes halogenated alkanes) is 4. The van der Waals surface area contributed by atoms with Crippen molar-refractivity contribution in [2.75, 3.05) is 26.2 Å². The van der Waals surface area contributed by atoms with E-state index < -0.39 is 0 Å². The van der Waals surface area contributed by atoms with Gasteiger partial charge < -0.3 is 10.2 Å². The number of carbonyl (C=O) groups is 1. The molecular formula is C22H38N2O. The van der Waals surface area contributed by atoms with Gasteiger partial charge in [0.2, 0.25) is 0 Å². The lowest BCUT2D eigenvalue weighted by molar-refractivity contribution is 0.0948. The van der Waals surface area contributed by atoms with Gasteiger partial charge in [0.1, 0.15) is 0 Å². The number of hydrogen-bond donors (Lipinski definition) is 1. The predicted molar refractivity (Wildman–Crippen MR) is 108 cm³/mol. The molecule has 0 spiro atoms. The van der Waals surface area contributed by atoms with Crippen LogP contribution < -0.4 is 5.32 Å². The maximum Gasteiger partial charge on any atom is 0.251 e. The van der Waals surface area contributed by atoms with Crippen LogP contribution in [-0.4, -0.2) is 37.0 Å². The molecule has 0 atom stereocenters. The van der Waals surface area contributed by atoms with Crippen LogP contribution in [-0.2, 0) is 6.42 Å². The summed E-state index contributed by atoms with van der Waals surface area (Å²) in [6, 6.07) is 8.11. The van der Waals surface area contributed by atoms with Crippen LogP contribution in [0.1, 0.15) is 81.6 Å². The molecule has 3 heteroatoms. The highest BCUT2D eigenvalue weighted by Gasteiger charge is 2.07. The molecule has 1 aromatic rings. The Morgan fingerprint density at radius 1 is 0.840 bits per heavy atom. The van der Waals surface area contributed by atoms with E-state index in [0.717, 1.165) is 38.2 Å². The van der Waals surface area contributed by atoms with E-state index >= 15 is 0 Å². The first-order chi connectivity index (χ1) is 12.2. The standard InChI is InChI=1S/C22H38N2O/c1-4-7-10-11-20-12-14-21(15-13-20)22(25)23-16-19-24(17-8-5-2)18-9-6-3/h12-15H,4-11,16-19H2,1-3H3,(H,23,25). The molecule has 0 aliphatic rings. The molecule has 0 saturated heterocycles. The van der Waals surface area contributed by atoms with Gasteiger partial charge in [-0.05, 0) is 56.5 Å². The van der Waals surface area contributed by atoms with Crippen molar-refractivity contribution in [1.82, 2.24) is 10.2 Å². The molecule has 0 aliphatic carbocycles. The van der Waals surface area contributed by atoms with Gasteiger partial charge >= 0.3 is 0 Å². The number of nitrogens with zero attached hydrogens (tertiary/aromatic N) is 1. The lowest BCUT2D eigenvalue weighted by atomic mass is 10.1. The number of hydrogen-bond acceptors (Lipinski definition) is 2. The Balaban J connectivity index is 2.36. The van der Waals surface area contributed by atoms with Crippen LogP contribution in [0.15, 0.2) is 24.3 Å². The summed E-state index contributed by atoms with van der Waals surface area (Å²) in [4.78, 5) is 14.8. The molecule has 0 bridgehead atoms. The quantitative estimate of drug-likeness (QED) is 0.478. The smallest absolute Gasteiger partial charge is 0.251 e. The van der Waals surface area contributed by atoms with Gasteiger partial charge in [-0.15, -0.1) is 0 Å². The van der Waals surface area contributed by atoms with Crippen molar-refractivity contribution < 1.29 is 4.79 Å². The molecule has 1 rings (SSSR count). The summed E-state index contributed by atoms with van der Waals surface area (Å²) in [6.45, 7) is 10.6.